The summed E-state index contributed by atoms with van der Waals surface area (Å²) in [5, 5.41) is 2.28. The highest BCUT2D eigenvalue weighted by atomic mass is 16.3. The van der Waals surface area contributed by atoms with Crippen LogP contribution in [0.3, 0.4) is 0 Å². The van der Waals surface area contributed by atoms with Crippen LogP contribution in [-0.4, -0.2) is 5.78 Å². The highest BCUT2D eigenvalue weighted by Crippen LogP contribution is 2.28. The Morgan fingerprint density at radius 3 is 2.83 bits per heavy atom. The number of Topliss-reactive ketones (excluding diaryl/α,β-unsaturated/α-hetero) is 1. The summed E-state index contributed by atoms with van der Waals surface area (Å²) in [6, 6.07) is 8.13. The van der Waals surface area contributed by atoms with Crippen LogP contribution in [-0.2, 0) is 11.2 Å². The molecule has 0 bridgehead atoms. The molecule has 0 spiro atoms. The van der Waals surface area contributed by atoms with Gasteiger partial charge in [0, 0.05) is 29.5 Å². The zero-order valence-corrected chi connectivity index (χ0v) is 10.5. The molecule has 0 amide bonds. The Morgan fingerprint density at radius 2 is 2.00 bits per heavy atom. The summed E-state index contributed by atoms with van der Waals surface area (Å²) in [6.45, 7) is 0. The zero-order chi connectivity index (χ0) is 12.4. The third-order valence-corrected chi connectivity index (χ3v) is 4.00. The Kier molecular flexibility index (Phi) is 3.18. The monoisotopic (exact) mass is 242 g/mol. The fraction of sp³-hybridized carbons (Fsp3) is 0.438. The van der Waals surface area contributed by atoms with Crippen LogP contribution in [0.5, 0.6) is 0 Å². The molecule has 2 nitrogen and oxygen atoms in total. The van der Waals surface area contributed by atoms with Crippen LogP contribution in [0.1, 0.15) is 37.9 Å². The number of rotatable bonds is 4. The number of carbonyl (C=O) groups excluding carboxylic acids is 1. The maximum absolute atomic E-state index is 12.0. The molecular weight excluding hydrogens is 224 g/mol. The molecule has 0 saturated heterocycles. The van der Waals surface area contributed by atoms with Gasteiger partial charge in [0.2, 0.25) is 0 Å². The van der Waals surface area contributed by atoms with Crippen LogP contribution in [0.25, 0.3) is 10.8 Å². The second-order valence-corrected chi connectivity index (χ2v) is 5.19. The van der Waals surface area contributed by atoms with Gasteiger partial charge in [-0.05, 0) is 12.8 Å². The summed E-state index contributed by atoms with van der Waals surface area (Å²) in [5.74, 6) is 1.70. The van der Waals surface area contributed by atoms with Gasteiger partial charge >= 0.3 is 0 Å². The van der Waals surface area contributed by atoms with Crippen LogP contribution in [0, 0.1) is 5.92 Å². The molecule has 0 atom stereocenters. The average Bonchev–Trinajstić information content (AvgIpc) is 3.06. The maximum atomic E-state index is 12.0. The quantitative estimate of drug-likeness (QED) is 0.807. The van der Waals surface area contributed by atoms with E-state index in [0.717, 1.165) is 35.8 Å². The molecule has 1 aromatic heterocycles. The maximum Gasteiger partial charge on any atom is 0.136 e. The second-order valence-electron chi connectivity index (χ2n) is 5.19. The first-order valence-corrected chi connectivity index (χ1v) is 6.82. The predicted molar refractivity (Wildman–Crippen MR) is 71.5 cm³/mol. The topological polar surface area (TPSA) is 30.2 Å². The van der Waals surface area contributed by atoms with Gasteiger partial charge in [0.05, 0.1) is 6.26 Å². The van der Waals surface area contributed by atoms with Crippen molar-refractivity contribution >= 4 is 16.6 Å². The lowest BCUT2D eigenvalue weighted by atomic mass is 9.98. The molecule has 1 aliphatic carbocycles. The summed E-state index contributed by atoms with van der Waals surface area (Å²) in [6.07, 6.45) is 7.78. The van der Waals surface area contributed by atoms with E-state index in [1.54, 1.807) is 6.26 Å². The zero-order valence-electron chi connectivity index (χ0n) is 10.5. The number of ketones is 1. The minimum Gasteiger partial charge on any atom is -0.468 e. The van der Waals surface area contributed by atoms with Gasteiger partial charge in [-0.2, -0.15) is 0 Å². The summed E-state index contributed by atoms with van der Waals surface area (Å²) in [4.78, 5) is 12.0. The predicted octanol–water partition coefficient (Wildman–Crippen LogP) is 4.12. The van der Waals surface area contributed by atoms with Crippen molar-refractivity contribution in [1.82, 2.24) is 0 Å². The van der Waals surface area contributed by atoms with E-state index in [9.17, 15) is 4.79 Å². The molecule has 2 aromatic rings. The van der Waals surface area contributed by atoms with Crippen LogP contribution < -0.4 is 0 Å². The molecule has 0 radical (unpaired) electrons. The highest BCUT2D eigenvalue weighted by molar-refractivity contribution is 5.85. The molecule has 2 heteroatoms. The fourth-order valence-corrected chi connectivity index (χ4v) is 2.93. The van der Waals surface area contributed by atoms with E-state index in [0.29, 0.717) is 18.1 Å². The minimum atomic E-state index is 0.325. The number of hydrogen-bond acceptors (Lipinski definition) is 2. The highest BCUT2D eigenvalue weighted by Gasteiger charge is 2.22. The van der Waals surface area contributed by atoms with Crippen molar-refractivity contribution in [1.29, 1.82) is 0 Å². The smallest absolute Gasteiger partial charge is 0.136 e. The van der Waals surface area contributed by atoms with Gasteiger partial charge < -0.3 is 4.42 Å². The first-order valence-electron chi connectivity index (χ1n) is 6.82. The first kappa shape index (κ1) is 11.5. The molecule has 1 fully saturated rings. The van der Waals surface area contributed by atoms with Crippen LogP contribution in [0.2, 0.25) is 0 Å². The van der Waals surface area contributed by atoms with E-state index in [1.807, 2.05) is 18.2 Å². The third kappa shape index (κ3) is 2.20. The van der Waals surface area contributed by atoms with Gasteiger partial charge in [0.1, 0.15) is 11.5 Å². The van der Waals surface area contributed by atoms with Gasteiger partial charge in [-0.15, -0.1) is 0 Å². The Balaban J connectivity index is 1.67. The third-order valence-electron chi connectivity index (χ3n) is 4.00. The van der Waals surface area contributed by atoms with Gasteiger partial charge in [-0.25, -0.2) is 0 Å². The number of fused-ring (bicyclic) bond motifs is 1. The number of benzene rings is 1. The Morgan fingerprint density at radius 1 is 1.22 bits per heavy atom. The van der Waals surface area contributed by atoms with Gasteiger partial charge in [0.25, 0.3) is 0 Å². The lowest BCUT2D eigenvalue weighted by molar-refractivity contribution is -0.122. The average molecular weight is 242 g/mol. The number of furan rings is 1. The Labute approximate surface area is 107 Å². The van der Waals surface area contributed by atoms with Crippen molar-refractivity contribution in [2.24, 2.45) is 5.92 Å². The Hall–Kier alpha value is -1.57. The fourth-order valence-electron chi connectivity index (χ4n) is 2.93. The summed E-state index contributed by atoms with van der Waals surface area (Å²) in [5.41, 5.74) is 0. The lowest BCUT2D eigenvalue weighted by Gasteiger charge is -2.06. The summed E-state index contributed by atoms with van der Waals surface area (Å²) in [7, 11) is 0. The van der Waals surface area contributed by atoms with E-state index in [1.165, 1.54) is 12.8 Å². The normalized spacial score (nSPS) is 16.4. The molecule has 1 saturated carbocycles. The van der Waals surface area contributed by atoms with Gasteiger partial charge in [-0.3, -0.25) is 4.79 Å². The minimum absolute atomic E-state index is 0.325. The van der Waals surface area contributed by atoms with Crippen molar-refractivity contribution in [2.75, 3.05) is 0 Å². The molecule has 0 N–H and O–H groups in total. The van der Waals surface area contributed by atoms with E-state index >= 15 is 0 Å². The van der Waals surface area contributed by atoms with E-state index in [2.05, 4.69) is 6.07 Å². The van der Waals surface area contributed by atoms with Gasteiger partial charge in [0.15, 0.2) is 0 Å². The van der Waals surface area contributed by atoms with E-state index in [4.69, 9.17) is 4.42 Å². The van der Waals surface area contributed by atoms with Crippen molar-refractivity contribution in [3.63, 3.8) is 0 Å². The standard InChI is InChI=1S/C16H18O2/c17-15(12-5-1-2-6-12)9-10-16-14-8-4-3-7-13(14)11-18-16/h3-4,7-8,11-12H,1-2,5-6,9-10H2. The summed E-state index contributed by atoms with van der Waals surface area (Å²) >= 11 is 0. The molecule has 18 heavy (non-hydrogen) atoms. The van der Waals surface area contributed by atoms with Gasteiger partial charge in [-0.1, -0.05) is 37.1 Å². The first-order chi connectivity index (χ1) is 8.84. The van der Waals surface area contributed by atoms with E-state index in [-0.39, 0.29) is 0 Å². The van der Waals surface area contributed by atoms with E-state index < -0.39 is 0 Å². The SMILES string of the molecule is O=C(CCc1occ2ccccc12)C1CCCC1. The van der Waals surface area contributed by atoms with Crippen LogP contribution in [0.15, 0.2) is 34.9 Å². The van der Waals surface area contributed by atoms with Crippen molar-refractivity contribution in [3.8, 4) is 0 Å². The molecule has 3 rings (SSSR count). The number of carbonyl (C=O) groups is 1. The molecule has 0 aliphatic heterocycles. The molecule has 94 valence electrons. The molecule has 1 aliphatic rings. The molecule has 1 heterocycles. The largest absolute Gasteiger partial charge is 0.468 e. The van der Waals surface area contributed by atoms with Crippen molar-refractivity contribution < 1.29 is 9.21 Å². The molecule has 1 aromatic carbocycles. The molecular formula is C16H18O2. The molecule has 0 unspecified atom stereocenters. The second kappa shape index (κ2) is 4.97. The van der Waals surface area contributed by atoms with Crippen molar-refractivity contribution in [2.45, 2.75) is 38.5 Å². The Bertz CT molecular complexity index is 547. The van der Waals surface area contributed by atoms with Crippen LogP contribution >= 0.6 is 0 Å². The number of hydrogen-bond donors (Lipinski definition) is 0. The van der Waals surface area contributed by atoms with Crippen molar-refractivity contribution in [3.05, 3.63) is 36.3 Å². The number of aryl methyl sites for hydroxylation is 1. The van der Waals surface area contributed by atoms with Crippen LogP contribution in [0.4, 0.5) is 0 Å². The lowest BCUT2D eigenvalue weighted by Crippen LogP contribution is -2.11. The summed E-state index contributed by atoms with van der Waals surface area (Å²) < 4.78 is 5.58.